The number of rotatable bonds is 8. The van der Waals surface area contributed by atoms with E-state index in [9.17, 15) is 19.6 Å². The predicted octanol–water partition coefficient (Wildman–Crippen LogP) is 0.348. The third-order valence-electron chi connectivity index (χ3n) is 2.98. The number of aromatic nitrogens is 1. The van der Waals surface area contributed by atoms with Crippen LogP contribution in [-0.2, 0) is 20.5 Å². The Morgan fingerprint density at radius 3 is 2.62 bits per heavy atom. The summed E-state index contributed by atoms with van der Waals surface area (Å²) in [6.07, 6.45) is 1.26. The summed E-state index contributed by atoms with van der Waals surface area (Å²) >= 11 is 0. The molecule has 0 bridgehead atoms. The van der Waals surface area contributed by atoms with Crippen LogP contribution in [0.4, 0.5) is 0 Å². The van der Waals surface area contributed by atoms with Crippen LogP contribution < -0.4 is 0 Å². The van der Waals surface area contributed by atoms with Crippen molar-refractivity contribution in [3.8, 4) is 5.75 Å². The highest BCUT2D eigenvalue weighted by atomic mass is 31.2. The Kier molecular flexibility index (Phi) is 7.00. The lowest BCUT2D eigenvalue weighted by Crippen LogP contribution is -2.23. The van der Waals surface area contributed by atoms with E-state index >= 15 is 0 Å². The first kappa shape index (κ1) is 20.2. The molecule has 1 heterocycles. The minimum atomic E-state index is -4.73. The normalized spacial score (nSPS) is 14.7. The molecule has 0 aliphatic carbocycles. The summed E-state index contributed by atoms with van der Waals surface area (Å²) < 4.78 is 15.2. The summed E-state index contributed by atoms with van der Waals surface area (Å²) in [5.41, 5.74) is 0.373. The van der Waals surface area contributed by atoms with E-state index in [1.165, 1.54) is 20.0 Å². The van der Waals surface area contributed by atoms with Crippen molar-refractivity contribution in [3.63, 3.8) is 0 Å². The van der Waals surface area contributed by atoms with E-state index in [-0.39, 0.29) is 29.0 Å². The average Bonchev–Trinajstić information content (AvgIpc) is 2.44. The second-order valence-electron chi connectivity index (χ2n) is 5.11. The van der Waals surface area contributed by atoms with Gasteiger partial charge in [-0.15, -0.1) is 0 Å². The molecule has 0 saturated heterocycles. The number of carboxylic acid groups (broad SMARTS) is 1. The predicted molar refractivity (Wildman–Crippen MR) is 82.8 cm³/mol. The van der Waals surface area contributed by atoms with Crippen LogP contribution in [0.15, 0.2) is 11.2 Å². The fourth-order valence-electron chi connectivity index (χ4n) is 1.78. The molecular weight excluding hydrogens is 343 g/mol. The van der Waals surface area contributed by atoms with E-state index in [4.69, 9.17) is 14.9 Å². The smallest absolute Gasteiger partial charge is 0.469 e. The van der Waals surface area contributed by atoms with Gasteiger partial charge in [0.2, 0.25) is 0 Å². The van der Waals surface area contributed by atoms with E-state index in [1.54, 1.807) is 0 Å². The zero-order chi connectivity index (χ0) is 18.5. The number of phosphoric ester groups is 1. The van der Waals surface area contributed by atoms with Crippen molar-refractivity contribution in [1.82, 2.24) is 4.98 Å². The number of aliphatic carboxylic acids is 1. The number of aliphatic hydroxyl groups is 1. The Labute approximate surface area is 137 Å². The first-order valence-corrected chi connectivity index (χ1v) is 8.36. The molecule has 0 radical (unpaired) electrons. The fourth-order valence-corrected chi connectivity index (χ4v) is 2.09. The summed E-state index contributed by atoms with van der Waals surface area (Å²) in [6, 6.07) is -1.24. The van der Waals surface area contributed by atoms with E-state index in [1.807, 2.05) is 0 Å². The topological polar surface area (TPSA) is 170 Å². The number of nitrogens with zero attached hydrogens (tertiary/aromatic N) is 2. The quantitative estimate of drug-likeness (QED) is 0.323. The number of aryl methyl sites for hydroxylation is 1. The van der Waals surface area contributed by atoms with Gasteiger partial charge in [-0.1, -0.05) is 0 Å². The van der Waals surface area contributed by atoms with Crippen LogP contribution in [0.2, 0.25) is 0 Å². The number of carbonyl (C=O) groups is 1. The van der Waals surface area contributed by atoms with E-state index in [2.05, 4.69) is 14.5 Å². The van der Waals surface area contributed by atoms with E-state index in [0.29, 0.717) is 0 Å². The molecule has 2 atom stereocenters. The lowest BCUT2D eigenvalue weighted by molar-refractivity contribution is -0.139. The van der Waals surface area contributed by atoms with Gasteiger partial charge in [0.25, 0.3) is 0 Å². The highest BCUT2D eigenvalue weighted by Gasteiger charge is 2.20. The number of hydrogen-bond acceptors (Lipinski definition) is 7. The number of pyridine rings is 1. The van der Waals surface area contributed by atoms with Crippen molar-refractivity contribution >= 4 is 20.0 Å². The van der Waals surface area contributed by atoms with Crippen molar-refractivity contribution in [3.05, 3.63) is 23.0 Å². The zero-order valence-corrected chi connectivity index (χ0v) is 13.9. The Morgan fingerprint density at radius 2 is 2.12 bits per heavy atom. The van der Waals surface area contributed by atoms with Crippen LogP contribution in [0, 0.1) is 6.92 Å². The zero-order valence-electron chi connectivity index (χ0n) is 13.0. The van der Waals surface area contributed by atoms with Gasteiger partial charge in [-0.25, -0.2) is 9.36 Å². The number of hydrogen-bond donors (Lipinski definition) is 5. The lowest BCUT2D eigenvalue weighted by atomic mass is 10.1. The summed E-state index contributed by atoms with van der Waals surface area (Å²) in [5, 5.41) is 28.4. The highest BCUT2D eigenvalue weighted by molar-refractivity contribution is 7.46. The molecule has 1 rings (SSSR count). The SMILES string of the molecule is Cc1ncc(COP(=O)(O)O)c(C=N[C@@H](C[C@H](C)O)C(=O)O)c1O. The maximum absolute atomic E-state index is 11.1. The van der Waals surface area contributed by atoms with Gasteiger partial charge >= 0.3 is 13.8 Å². The number of aromatic hydroxyl groups is 1. The standard InChI is InChI=1S/C13H19N2O8P/c1-7(16)3-11(13(18)19)15-5-10-9(6-23-24(20,21)22)4-14-8(2)12(10)17/h4-5,7,11,16-17H,3,6H2,1-2H3,(H,18,19)(H2,20,21,22)/t7-,11-/m0/s1. The molecule has 0 fully saturated rings. The number of phosphoric acid groups is 1. The molecule has 11 heteroatoms. The van der Waals surface area contributed by atoms with Gasteiger partial charge < -0.3 is 25.1 Å². The monoisotopic (exact) mass is 362 g/mol. The molecule has 1 aromatic heterocycles. The molecule has 0 spiro atoms. The summed E-state index contributed by atoms with van der Waals surface area (Å²) in [6.45, 7) is 2.35. The Balaban J connectivity index is 3.15. The van der Waals surface area contributed by atoms with Gasteiger partial charge in [-0.05, 0) is 13.8 Å². The number of carboxylic acids is 1. The van der Waals surface area contributed by atoms with Crippen LogP contribution in [-0.4, -0.2) is 54.4 Å². The van der Waals surface area contributed by atoms with Gasteiger partial charge in [-0.3, -0.25) is 14.5 Å². The molecule has 5 N–H and O–H groups in total. The van der Waals surface area contributed by atoms with Crippen molar-refractivity contribution < 1.29 is 39.0 Å². The number of aliphatic hydroxyl groups excluding tert-OH is 1. The molecule has 0 aliphatic rings. The molecule has 0 aliphatic heterocycles. The van der Waals surface area contributed by atoms with Gasteiger partial charge in [0, 0.05) is 30.0 Å². The van der Waals surface area contributed by atoms with Crippen LogP contribution in [0.5, 0.6) is 5.75 Å². The summed E-state index contributed by atoms with van der Waals surface area (Å²) in [5.74, 6) is -1.57. The first-order valence-electron chi connectivity index (χ1n) is 6.82. The van der Waals surface area contributed by atoms with Crippen LogP contribution >= 0.6 is 7.82 Å². The van der Waals surface area contributed by atoms with Gasteiger partial charge in [0.05, 0.1) is 18.4 Å². The molecule has 10 nitrogen and oxygen atoms in total. The van der Waals surface area contributed by atoms with Gasteiger partial charge in [0.1, 0.15) is 11.8 Å². The molecule has 0 saturated carbocycles. The number of aliphatic imine (C=N–C) groups is 1. The highest BCUT2D eigenvalue weighted by Crippen LogP contribution is 2.37. The van der Waals surface area contributed by atoms with Crippen molar-refractivity contribution in [2.24, 2.45) is 4.99 Å². The van der Waals surface area contributed by atoms with Crippen molar-refractivity contribution in [1.29, 1.82) is 0 Å². The molecule has 0 aromatic carbocycles. The molecule has 0 unspecified atom stereocenters. The maximum atomic E-state index is 11.1. The van der Waals surface area contributed by atoms with Crippen LogP contribution in [0.3, 0.4) is 0 Å². The Bertz CT molecular complexity index is 670. The summed E-state index contributed by atoms with van der Waals surface area (Å²) in [4.78, 5) is 36.3. The average molecular weight is 362 g/mol. The first-order chi connectivity index (χ1) is 11.0. The minimum absolute atomic E-state index is 0.0350. The second-order valence-corrected chi connectivity index (χ2v) is 6.35. The maximum Gasteiger partial charge on any atom is 0.469 e. The lowest BCUT2D eigenvalue weighted by Gasteiger charge is -2.12. The Hall–Kier alpha value is -1.84. The molecule has 134 valence electrons. The van der Waals surface area contributed by atoms with Crippen molar-refractivity contribution in [2.75, 3.05) is 0 Å². The Morgan fingerprint density at radius 1 is 1.50 bits per heavy atom. The van der Waals surface area contributed by atoms with Crippen molar-refractivity contribution in [2.45, 2.75) is 39.0 Å². The van der Waals surface area contributed by atoms with E-state index in [0.717, 1.165) is 6.21 Å². The third-order valence-corrected chi connectivity index (χ3v) is 3.44. The molecule has 1 aromatic rings. The minimum Gasteiger partial charge on any atom is -0.505 e. The molecular formula is C13H19N2O8P. The van der Waals surface area contributed by atoms with Gasteiger partial charge in [-0.2, -0.15) is 0 Å². The second kappa shape index (κ2) is 8.32. The van der Waals surface area contributed by atoms with E-state index < -0.39 is 32.5 Å². The van der Waals surface area contributed by atoms with Crippen LogP contribution in [0.25, 0.3) is 0 Å². The van der Waals surface area contributed by atoms with Crippen LogP contribution in [0.1, 0.15) is 30.2 Å². The molecule has 0 amide bonds. The largest absolute Gasteiger partial charge is 0.505 e. The fraction of sp³-hybridized carbons (Fsp3) is 0.462. The third kappa shape index (κ3) is 6.34. The summed E-state index contributed by atoms with van der Waals surface area (Å²) in [7, 11) is -4.73. The molecule has 24 heavy (non-hydrogen) atoms. The van der Waals surface area contributed by atoms with Gasteiger partial charge in [0.15, 0.2) is 0 Å².